The van der Waals surface area contributed by atoms with Crippen molar-refractivity contribution < 1.29 is 4.74 Å². The number of anilines is 2. The fraction of sp³-hybridized carbons (Fsp3) is 0.444. The summed E-state index contributed by atoms with van der Waals surface area (Å²) in [6.45, 7) is 4.55. The highest BCUT2D eigenvalue weighted by Crippen LogP contribution is 2.40. The zero-order valence-corrected chi connectivity index (χ0v) is 14.9. The number of rotatable bonds is 3. The van der Waals surface area contributed by atoms with Gasteiger partial charge in [0, 0.05) is 23.0 Å². The van der Waals surface area contributed by atoms with Gasteiger partial charge >= 0.3 is 0 Å². The quantitative estimate of drug-likeness (QED) is 0.670. The fourth-order valence-corrected chi connectivity index (χ4v) is 3.74. The van der Waals surface area contributed by atoms with Crippen molar-refractivity contribution in [2.75, 3.05) is 5.32 Å². The molecule has 2 aliphatic rings. The van der Waals surface area contributed by atoms with Gasteiger partial charge in [-0.05, 0) is 39.5 Å². The van der Waals surface area contributed by atoms with Crippen LogP contribution in [0.4, 0.5) is 11.6 Å². The molecule has 0 spiro atoms. The molecule has 0 saturated carbocycles. The van der Waals surface area contributed by atoms with Crippen LogP contribution in [0, 0.1) is 0 Å². The Hall–Kier alpha value is -2.74. The number of aromatic amines is 2. The smallest absolute Gasteiger partial charge is 0.165 e. The van der Waals surface area contributed by atoms with E-state index in [1.165, 1.54) is 24.1 Å². The van der Waals surface area contributed by atoms with E-state index in [-0.39, 0.29) is 0 Å². The molecule has 134 valence electrons. The van der Waals surface area contributed by atoms with E-state index in [0.29, 0.717) is 12.4 Å². The molecule has 0 saturated heterocycles. The van der Waals surface area contributed by atoms with Crippen LogP contribution in [-0.2, 0) is 29.8 Å². The van der Waals surface area contributed by atoms with Crippen LogP contribution < -0.4 is 5.32 Å². The van der Waals surface area contributed by atoms with Gasteiger partial charge in [-0.2, -0.15) is 10.2 Å². The first-order valence-corrected chi connectivity index (χ1v) is 8.99. The van der Waals surface area contributed by atoms with E-state index >= 15 is 0 Å². The van der Waals surface area contributed by atoms with Crippen LogP contribution in [-0.4, -0.2) is 30.4 Å². The lowest BCUT2D eigenvalue weighted by Crippen LogP contribution is -2.17. The Morgan fingerprint density at radius 2 is 2.00 bits per heavy atom. The Labute approximate surface area is 150 Å². The van der Waals surface area contributed by atoms with Crippen molar-refractivity contribution in [3.05, 3.63) is 34.9 Å². The van der Waals surface area contributed by atoms with Gasteiger partial charge in [-0.15, -0.1) is 0 Å². The van der Waals surface area contributed by atoms with E-state index in [2.05, 4.69) is 25.7 Å². The van der Waals surface area contributed by atoms with Crippen molar-refractivity contribution in [3.8, 4) is 11.4 Å². The lowest BCUT2D eigenvalue weighted by Gasteiger charge is -2.18. The number of nitrogens with zero attached hydrogens (tertiary/aromatic N) is 4. The monoisotopic (exact) mass is 351 g/mol. The third kappa shape index (κ3) is 2.40. The van der Waals surface area contributed by atoms with Gasteiger partial charge in [0.2, 0.25) is 0 Å². The molecule has 4 heterocycles. The van der Waals surface area contributed by atoms with Crippen LogP contribution in [0.5, 0.6) is 0 Å². The van der Waals surface area contributed by atoms with Crippen LogP contribution in [0.2, 0.25) is 0 Å². The average Bonchev–Trinajstić information content (AvgIpc) is 3.36. The van der Waals surface area contributed by atoms with Gasteiger partial charge < -0.3 is 10.1 Å². The number of aryl methyl sites for hydroxylation is 1. The third-order valence-electron chi connectivity index (χ3n) is 5.20. The lowest BCUT2D eigenvalue weighted by atomic mass is 9.97. The normalized spacial score (nSPS) is 17.8. The molecule has 1 aliphatic carbocycles. The zero-order chi connectivity index (χ0) is 17.7. The van der Waals surface area contributed by atoms with E-state index < -0.39 is 5.60 Å². The largest absolute Gasteiger partial charge is 0.364 e. The van der Waals surface area contributed by atoms with Crippen molar-refractivity contribution in [1.82, 2.24) is 30.4 Å². The van der Waals surface area contributed by atoms with Gasteiger partial charge in [0.15, 0.2) is 11.6 Å². The molecule has 0 bridgehead atoms. The van der Waals surface area contributed by atoms with Gasteiger partial charge in [0.25, 0.3) is 0 Å². The Kier molecular flexibility index (Phi) is 3.36. The van der Waals surface area contributed by atoms with E-state index in [1.807, 2.05) is 13.8 Å². The van der Waals surface area contributed by atoms with Gasteiger partial charge in [-0.3, -0.25) is 10.2 Å². The minimum absolute atomic E-state index is 0.446. The molecule has 0 amide bonds. The molecule has 0 aromatic carbocycles. The van der Waals surface area contributed by atoms with Crippen LogP contribution in [0.15, 0.2) is 12.4 Å². The Bertz CT molecular complexity index is 958. The number of ether oxygens (including phenoxy) is 1. The number of hydrogen-bond donors (Lipinski definition) is 3. The molecule has 0 fully saturated rings. The molecule has 3 aromatic rings. The van der Waals surface area contributed by atoms with Gasteiger partial charge in [-0.1, -0.05) is 0 Å². The highest BCUT2D eigenvalue weighted by molar-refractivity contribution is 5.65. The predicted octanol–water partition coefficient (Wildman–Crippen LogP) is 2.98. The first kappa shape index (κ1) is 15.5. The summed E-state index contributed by atoms with van der Waals surface area (Å²) in [5.41, 5.74) is 4.81. The maximum Gasteiger partial charge on any atom is 0.165 e. The van der Waals surface area contributed by atoms with E-state index in [9.17, 15) is 0 Å². The van der Waals surface area contributed by atoms with Crippen molar-refractivity contribution in [2.45, 2.75) is 51.7 Å². The van der Waals surface area contributed by atoms with Crippen molar-refractivity contribution in [3.63, 3.8) is 0 Å². The average molecular weight is 351 g/mol. The summed E-state index contributed by atoms with van der Waals surface area (Å²) in [5.74, 6) is 2.25. The molecular formula is C18H21N7O. The third-order valence-corrected chi connectivity index (χ3v) is 5.20. The van der Waals surface area contributed by atoms with Crippen molar-refractivity contribution >= 4 is 11.6 Å². The molecular weight excluding hydrogens is 330 g/mol. The molecule has 0 unspecified atom stereocenters. The van der Waals surface area contributed by atoms with E-state index in [4.69, 9.17) is 14.7 Å². The minimum atomic E-state index is -0.446. The van der Waals surface area contributed by atoms with Crippen LogP contribution in [0.25, 0.3) is 11.4 Å². The molecule has 5 rings (SSSR count). The van der Waals surface area contributed by atoms with Gasteiger partial charge in [0.05, 0.1) is 24.1 Å². The predicted molar refractivity (Wildman–Crippen MR) is 95.9 cm³/mol. The van der Waals surface area contributed by atoms with Crippen molar-refractivity contribution in [2.24, 2.45) is 0 Å². The second-order valence-electron chi connectivity index (χ2n) is 7.37. The first-order valence-electron chi connectivity index (χ1n) is 8.99. The Balaban J connectivity index is 1.61. The number of nitrogens with one attached hydrogen (secondary N) is 3. The Morgan fingerprint density at radius 1 is 1.12 bits per heavy atom. The second kappa shape index (κ2) is 5.63. The summed E-state index contributed by atoms with van der Waals surface area (Å²) < 4.78 is 5.96. The van der Waals surface area contributed by atoms with Gasteiger partial charge in [-0.25, -0.2) is 9.97 Å². The molecule has 3 N–H and O–H groups in total. The summed E-state index contributed by atoms with van der Waals surface area (Å²) in [6.07, 6.45) is 8.03. The van der Waals surface area contributed by atoms with E-state index in [0.717, 1.165) is 41.3 Å². The topological polar surface area (TPSA) is 104 Å². The molecule has 8 nitrogen and oxygen atoms in total. The summed E-state index contributed by atoms with van der Waals surface area (Å²) in [5, 5.41) is 18.0. The van der Waals surface area contributed by atoms with Crippen LogP contribution in [0.3, 0.4) is 0 Å². The highest BCUT2D eigenvalue weighted by atomic mass is 16.5. The Morgan fingerprint density at radius 3 is 2.85 bits per heavy atom. The number of hydrogen-bond acceptors (Lipinski definition) is 6. The molecule has 0 radical (unpaired) electrons. The number of H-pyrrole nitrogens is 2. The summed E-state index contributed by atoms with van der Waals surface area (Å²) in [7, 11) is 0. The summed E-state index contributed by atoms with van der Waals surface area (Å²) in [4.78, 5) is 9.52. The minimum Gasteiger partial charge on any atom is -0.364 e. The molecule has 3 aromatic heterocycles. The fourth-order valence-electron chi connectivity index (χ4n) is 3.74. The molecule has 26 heavy (non-hydrogen) atoms. The van der Waals surface area contributed by atoms with Gasteiger partial charge in [0.1, 0.15) is 11.4 Å². The first-order chi connectivity index (χ1) is 12.6. The van der Waals surface area contributed by atoms with Crippen LogP contribution in [0.1, 0.15) is 49.2 Å². The molecule has 0 atom stereocenters. The number of fused-ring (bicyclic) bond motifs is 2. The summed E-state index contributed by atoms with van der Waals surface area (Å²) >= 11 is 0. The lowest BCUT2D eigenvalue weighted by molar-refractivity contribution is -0.00995. The highest BCUT2D eigenvalue weighted by Gasteiger charge is 2.36. The molecule has 8 heteroatoms. The zero-order valence-electron chi connectivity index (χ0n) is 14.9. The maximum absolute atomic E-state index is 5.96. The SMILES string of the molecule is CC1(C)OCc2c(Nc3n[nH]c4c3CCCC4)nc(-c3cn[nH]c3)nc21. The molecule has 1 aliphatic heterocycles. The maximum atomic E-state index is 5.96. The second-order valence-corrected chi connectivity index (χ2v) is 7.37. The number of aromatic nitrogens is 6. The van der Waals surface area contributed by atoms with E-state index in [1.54, 1.807) is 12.4 Å². The van der Waals surface area contributed by atoms with Crippen molar-refractivity contribution in [1.29, 1.82) is 0 Å². The summed E-state index contributed by atoms with van der Waals surface area (Å²) in [6, 6.07) is 0. The standard InChI is InChI=1S/C18H21N7O/c1-18(2)14-12(9-26-18)16(22-15(21-14)10-7-19-20-8-10)23-17-11-5-3-4-6-13(11)24-25-17/h7-8H,3-6,9H2,1-2H3,(H,19,20)(H2,21,22,23,24,25). The van der Waals surface area contributed by atoms with Crippen LogP contribution >= 0.6 is 0 Å².